The number of aromatic amines is 1. The summed E-state index contributed by atoms with van der Waals surface area (Å²) in [7, 11) is 0. The van der Waals surface area contributed by atoms with Crippen molar-refractivity contribution in [3.8, 4) is 0 Å². The Morgan fingerprint density at radius 2 is 2.14 bits per heavy atom. The van der Waals surface area contributed by atoms with Crippen molar-refractivity contribution in [3.63, 3.8) is 0 Å². The molecule has 1 fully saturated rings. The highest BCUT2D eigenvalue weighted by Gasteiger charge is 2.21. The summed E-state index contributed by atoms with van der Waals surface area (Å²) in [5.41, 5.74) is 1.86. The van der Waals surface area contributed by atoms with E-state index in [4.69, 9.17) is 0 Å². The number of benzene rings is 1. The van der Waals surface area contributed by atoms with Gasteiger partial charge >= 0.3 is 0 Å². The van der Waals surface area contributed by atoms with E-state index in [2.05, 4.69) is 20.5 Å². The number of carbonyl (C=O) groups excluding carboxylic acids is 2. The molecule has 1 aromatic carbocycles. The van der Waals surface area contributed by atoms with Gasteiger partial charge in [-0.05, 0) is 24.1 Å². The maximum absolute atomic E-state index is 11.7. The molecule has 7 heteroatoms. The topological polar surface area (TPSA) is 91.0 Å². The third-order valence-electron chi connectivity index (χ3n) is 3.40. The van der Waals surface area contributed by atoms with Crippen molar-refractivity contribution in [2.45, 2.75) is 19.4 Å². The van der Waals surface area contributed by atoms with E-state index in [9.17, 15) is 9.59 Å². The number of H-pyrrole nitrogens is 1. The van der Waals surface area contributed by atoms with E-state index < -0.39 is 0 Å². The molecule has 7 nitrogen and oxygen atoms in total. The number of amides is 2. The van der Waals surface area contributed by atoms with Crippen LogP contribution in [0.1, 0.15) is 29.0 Å². The lowest BCUT2D eigenvalue weighted by atomic mass is 10.2. The minimum absolute atomic E-state index is 0.168. The molecule has 3 rings (SSSR count). The Bertz CT molecular complexity index is 636. The molecule has 2 amide bonds. The maximum atomic E-state index is 11.7. The molecule has 21 heavy (non-hydrogen) atoms. The van der Waals surface area contributed by atoms with Gasteiger partial charge in [0.2, 0.25) is 11.7 Å². The first kappa shape index (κ1) is 13.3. The molecule has 0 atom stereocenters. The number of nitrogens with zero attached hydrogens (tertiary/aromatic N) is 3. The second-order valence-corrected chi connectivity index (χ2v) is 4.83. The van der Waals surface area contributed by atoms with Crippen molar-refractivity contribution in [3.05, 3.63) is 42.0 Å². The van der Waals surface area contributed by atoms with Crippen LogP contribution in [0.3, 0.4) is 0 Å². The second-order valence-electron chi connectivity index (χ2n) is 4.83. The van der Waals surface area contributed by atoms with Crippen LogP contribution in [-0.2, 0) is 11.3 Å². The second kappa shape index (κ2) is 5.74. The highest BCUT2D eigenvalue weighted by Crippen LogP contribution is 2.21. The van der Waals surface area contributed by atoms with Crippen molar-refractivity contribution in [2.75, 3.05) is 11.4 Å². The average Bonchev–Trinajstić information content (AvgIpc) is 3.17. The van der Waals surface area contributed by atoms with Crippen LogP contribution in [0.4, 0.5) is 5.69 Å². The average molecular weight is 285 g/mol. The molecule has 1 saturated heterocycles. The predicted octanol–water partition coefficient (Wildman–Crippen LogP) is 0.861. The Labute approximate surface area is 121 Å². The fourth-order valence-corrected chi connectivity index (χ4v) is 2.30. The standard InChI is InChI=1S/C14H15N5O2/c20-12-2-1-7-19(12)11-5-3-10(4-6-11)8-15-14(21)13-16-9-17-18-13/h3-6,9H,1-2,7-8H2,(H,15,21)(H,16,17,18). The smallest absolute Gasteiger partial charge is 0.288 e. The number of nitrogens with one attached hydrogen (secondary N) is 2. The first-order valence-corrected chi connectivity index (χ1v) is 6.77. The molecule has 0 spiro atoms. The van der Waals surface area contributed by atoms with Crippen LogP contribution in [-0.4, -0.2) is 33.5 Å². The zero-order chi connectivity index (χ0) is 14.7. The van der Waals surface area contributed by atoms with E-state index in [1.54, 1.807) is 4.90 Å². The minimum atomic E-state index is -0.300. The lowest BCUT2D eigenvalue weighted by Crippen LogP contribution is -2.25. The first-order valence-electron chi connectivity index (χ1n) is 6.77. The molecule has 2 aromatic rings. The van der Waals surface area contributed by atoms with Gasteiger partial charge in [0.05, 0.1) is 0 Å². The van der Waals surface area contributed by atoms with Gasteiger partial charge in [0.15, 0.2) is 0 Å². The van der Waals surface area contributed by atoms with Gasteiger partial charge in [-0.3, -0.25) is 14.7 Å². The lowest BCUT2D eigenvalue weighted by molar-refractivity contribution is -0.117. The Morgan fingerprint density at radius 1 is 1.33 bits per heavy atom. The van der Waals surface area contributed by atoms with Crippen LogP contribution in [0.25, 0.3) is 0 Å². The van der Waals surface area contributed by atoms with Crippen LogP contribution in [0.2, 0.25) is 0 Å². The number of carbonyl (C=O) groups is 2. The number of rotatable bonds is 4. The molecule has 1 aromatic heterocycles. The van der Waals surface area contributed by atoms with Gasteiger partial charge in [0.1, 0.15) is 6.33 Å². The zero-order valence-corrected chi connectivity index (χ0v) is 11.4. The molecule has 1 aliphatic rings. The third-order valence-corrected chi connectivity index (χ3v) is 3.40. The minimum Gasteiger partial charge on any atom is -0.345 e. The number of aromatic nitrogens is 3. The summed E-state index contributed by atoms with van der Waals surface area (Å²) in [6.45, 7) is 1.17. The molecular weight excluding hydrogens is 270 g/mol. The molecule has 0 unspecified atom stereocenters. The van der Waals surface area contributed by atoms with Crippen LogP contribution >= 0.6 is 0 Å². The summed E-state index contributed by atoms with van der Waals surface area (Å²) in [4.78, 5) is 28.9. The lowest BCUT2D eigenvalue weighted by Gasteiger charge is -2.15. The normalized spacial score (nSPS) is 14.5. The molecule has 0 saturated carbocycles. The van der Waals surface area contributed by atoms with Gasteiger partial charge in [-0.15, -0.1) is 0 Å². The van der Waals surface area contributed by atoms with Crippen molar-refractivity contribution < 1.29 is 9.59 Å². The Morgan fingerprint density at radius 3 is 2.76 bits per heavy atom. The van der Waals surface area contributed by atoms with Crippen LogP contribution in [0, 0.1) is 0 Å². The Hall–Kier alpha value is -2.70. The van der Waals surface area contributed by atoms with Crippen LogP contribution < -0.4 is 10.2 Å². The summed E-state index contributed by atoms with van der Waals surface area (Å²) in [5, 5.41) is 8.88. The van der Waals surface area contributed by atoms with E-state index in [1.165, 1.54) is 6.33 Å². The van der Waals surface area contributed by atoms with E-state index in [0.717, 1.165) is 24.2 Å². The molecule has 108 valence electrons. The highest BCUT2D eigenvalue weighted by atomic mass is 16.2. The Kier molecular flexibility index (Phi) is 3.63. The Balaban J connectivity index is 1.60. The number of hydrogen-bond acceptors (Lipinski definition) is 4. The van der Waals surface area contributed by atoms with E-state index in [1.807, 2.05) is 24.3 Å². The maximum Gasteiger partial charge on any atom is 0.288 e. The van der Waals surface area contributed by atoms with Gasteiger partial charge in [-0.1, -0.05) is 12.1 Å². The van der Waals surface area contributed by atoms with Gasteiger partial charge in [0, 0.05) is 25.2 Å². The molecule has 2 heterocycles. The van der Waals surface area contributed by atoms with E-state index in [-0.39, 0.29) is 17.6 Å². The van der Waals surface area contributed by atoms with Gasteiger partial charge in [-0.2, -0.15) is 5.10 Å². The summed E-state index contributed by atoms with van der Waals surface area (Å²) >= 11 is 0. The van der Waals surface area contributed by atoms with Crippen molar-refractivity contribution in [1.82, 2.24) is 20.5 Å². The van der Waals surface area contributed by atoms with Gasteiger partial charge < -0.3 is 10.2 Å². The van der Waals surface area contributed by atoms with E-state index in [0.29, 0.717) is 13.0 Å². The van der Waals surface area contributed by atoms with Crippen LogP contribution in [0.5, 0.6) is 0 Å². The molecule has 1 aliphatic heterocycles. The van der Waals surface area contributed by atoms with Crippen molar-refractivity contribution >= 4 is 17.5 Å². The predicted molar refractivity (Wildman–Crippen MR) is 75.6 cm³/mol. The summed E-state index contributed by atoms with van der Waals surface area (Å²) in [6, 6.07) is 7.61. The van der Waals surface area contributed by atoms with Gasteiger partial charge in [0.25, 0.3) is 5.91 Å². The molecule has 0 aliphatic carbocycles. The number of hydrogen-bond donors (Lipinski definition) is 2. The molecular formula is C14H15N5O2. The SMILES string of the molecule is O=C(NCc1ccc(N2CCCC2=O)cc1)c1ncn[nH]1. The van der Waals surface area contributed by atoms with Crippen molar-refractivity contribution in [2.24, 2.45) is 0 Å². The fraction of sp³-hybridized carbons (Fsp3) is 0.286. The number of anilines is 1. The molecule has 0 bridgehead atoms. The van der Waals surface area contributed by atoms with Gasteiger partial charge in [-0.25, -0.2) is 4.98 Å². The summed E-state index contributed by atoms with van der Waals surface area (Å²) in [5.74, 6) is 0.0574. The first-order chi connectivity index (χ1) is 10.2. The van der Waals surface area contributed by atoms with Crippen LogP contribution in [0.15, 0.2) is 30.6 Å². The fourth-order valence-electron chi connectivity index (χ4n) is 2.30. The highest BCUT2D eigenvalue weighted by molar-refractivity contribution is 5.95. The third kappa shape index (κ3) is 2.91. The summed E-state index contributed by atoms with van der Waals surface area (Å²) in [6.07, 6.45) is 2.82. The van der Waals surface area contributed by atoms with Crippen molar-refractivity contribution in [1.29, 1.82) is 0 Å². The zero-order valence-electron chi connectivity index (χ0n) is 11.4. The molecule has 0 radical (unpaired) electrons. The molecule has 2 N–H and O–H groups in total. The largest absolute Gasteiger partial charge is 0.345 e. The quantitative estimate of drug-likeness (QED) is 0.871. The van der Waals surface area contributed by atoms with E-state index >= 15 is 0 Å². The summed E-state index contributed by atoms with van der Waals surface area (Å²) < 4.78 is 0. The monoisotopic (exact) mass is 285 g/mol.